The molecule has 0 spiro atoms. The van der Waals surface area contributed by atoms with Crippen molar-refractivity contribution >= 4 is 0 Å². The molecule has 1 atom stereocenters. The Morgan fingerprint density at radius 2 is 2.12 bits per heavy atom. The van der Waals surface area contributed by atoms with Gasteiger partial charge in [-0.05, 0) is 20.8 Å². The summed E-state index contributed by atoms with van der Waals surface area (Å²) in [5.41, 5.74) is 0. The summed E-state index contributed by atoms with van der Waals surface area (Å²) in [7, 11) is 1.69. The molecule has 1 aliphatic heterocycles. The highest BCUT2D eigenvalue weighted by Gasteiger charge is 2.29. The first-order valence-electron chi connectivity index (χ1n) is 5.81. The Bertz CT molecular complexity index is 361. The van der Waals surface area contributed by atoms with Gasteiger partial charge in [-0.1, -0.05) is 0 Å². The fourth-order valence-electron chi connectivity index (χ4n) is 2.40. The van der Waals surface area contributed by atoms with Crippen molar-refractivity contribution in [1.82, 2.24) is 19.7 Å². The van der Waals surface area contributed by atoms with Crippen LogP contribution in [-0.4, -0.2) is 39.4 Å². The van der Waals surface area contributed by atoms with Gasteiger partial charge in [-0.2, -0.15) is 0 Å². The molecular formula is C11H20N4O. The van der Waals surface area contributed by atoms with Crippen molar-refractivity contribution < 1.29 is 4.74 Å². The molecule has 0 bridgehead atoms. The van der Waals surface area contributed by atoms with Gasteiger partial charge in [0.2, 0.25) is 0 Å². The second-order valence-electron chi connectivity index (χ2n) is 4.57. The highest BCUT2D eigenvalue weighted by molar-refractivity contribution is 5.04. The Balaban J connectivity index is 2.25. The first-order chi connectivity index (χ1) is 7.65. The van der Waals surface area contributed by atoms with Crippen LogP contribution in [0.5, 0.6) is 0 Å². The molecule has 0 amide bonds. The molecular weight excluding hydrogens is 204 g/mol. The van der Waals surface area contributed by atoms with E-state index in [1.807, 2.05) is 0 Å². The number of aromatic nitrogens is 3. The van der Waals surface area contributed by atoms with Crippen LogP contribution in [0.4, 0.5) is 0 Å². The molecule has 16 heavy (non-hydrogen) atoms. The monoisotopic (exact) mass is 224 g/mol. The summed E-state index contributed by atoms with van der Waals surface area (Å²) < 4.78 is 7.31. The SMILES string of the molecule is COCc1nnc2n1CCN(C(C)C)C2C. The van der Waals surface area contributed by atoms with Crippen molar-refractivity contribution in [3.8, 4) is 0 Å². The van der Waals surface area contributed by atoms with Crippen molar-refractivity contribution in [2.75, 3.05) is 13.7 Å². The van der Waals surface area contributed by atoms with E-state index in [-0.39, 0.29) is 0 Å². The zero-order chi connectivity index (χ0) is 11.7. The second-order valence-corrected chi connectivity index (χ2v) is 4.57. The van der Waals surface area contributed by atoms with Crippen molar-refractivity contribution in [3.05, 3.63) is 11.6 Å². The fourth-order valence-corrected chi connectivity index (χ4v) is 2.40. The van der Waals surface area contributed by atoms with Gasteiger partial charge in [0, 0.05) is 26.2 Å². The number of methoxy groups -OCH3 is 1. The zero-order valence-corrected chi connectivity index (χ0v) is 10.5. The second kappa shape index (κ2) is 4.51. The number of hydrogen-bond acceptors (Lipinski definition) is 4. The van der Waals surface area contributed by atoms with Gasteiger partial charge < -0.3 is 9.30 Å². The average Bonchev–Trinajstić information content (AvgIpc) is 2.63. The van der Waals surface area contributed by atoms with Gasteiger partial charge in [0.05, 0.1) is 6.04 Å². The lowest BCUT2D eigenvalue weighted by Gasteiger charge is -2.36. The molecule has 2 heterocycles. The molecule has 1 unspecified atom stereocenters. The molecule has 1 aromatic heterocycles. The maximum absolute atomic E-state index is 5.12. The number of hydrogen-bond donors (Lipinski definition) is 0. The third kappa shape index (κ3) is 1.85. The Morgan fingerprint density at radius 1 is 1.38 bits per heavy atom. The molecule has 5 heteroatoms. The predicted molar refractivity (Wildman–Crippen MR) is 61.0 cm³/mol. The third-order valence-electron chi connectivity index (χ3n) is 3.25. The molecule has 5 nitrogen and oxygen atoms in total. The Labute approximate surface area is 96.4 Å². The van der Waals surface area contributed by atoms with Gasteiger partial charge >= 0.3 is 0 Å². The van der Waals surface area contributed by atoms with E-state index in [0.29, 0.717) is 18.7 Å². The van der Waals surface area contributed by atoms with Gasteiger partial charge in [0.25, 0.3) is 0 Å². The molecule has 0 saturated carbocycles. The Hall–Kier alpha value is -0.940. The van der Waals surface area contributed by atoms with Crippen LogP contribution in [0.3, 0.4) is 0 Å². The zero-order valence-electron chi connectivity index (χ0n) is 10.5. The van der Waals surface area contributed by atoms with Crippen molar-refractivity contribution in [1.29, 1.82) is 0 Å². The first kappa shape index (κ1) is 11.5. The summed E-state index contributed by atoms with van der Waals surface area (Å²) in [4.78, 5) is 2.45. The van der Waals surface area contributed by atoms with Crippen LogP contribution >= 0.6 is 0 Å². The Kier molecular flexibility index (Phi) is 3.25. The van der Waals surface area contributed by atoms with E-state index in [1.54, 1.807) is 7.11 Å². The van der Waals surface area contributed by atoms with Crippen molar-refractivity contribution in [2.24, 2.45) is 0 Å². The molecule has 1 aromatic rings. The van der Waals surface area contributed by atoms with Crippen LogP contribution in [-0.2, 0) is 17.9 Å². The van der Waals surface area contributed by atoms with Crippen LogP contribution in [0.2, 0.25) is 0 Å². The average molecular weight is 224 g/mol. The molecule has 2 rings (SSSR count). The molecule has 0 aromatic carbocycles. The van der Waals surface area contributed by atoms with E-state index in [1.165, 1.54) is 0 Å². The van der Waals surface area contributed by atoms with Crippen LogP contribution < -0.4 is 0 Å². The van der Waals surface area contributed by atoms with E-state index in [2.05, 4.69) is 40.4 Å². The lowest BCUT2D eigenvalue weighted by molar-refractivity contribution is 0.119. The van der Waals surface area contributed by atoms with E-state index < -0.39 is 0 Å². The maximum atomic E-state index is 5.12. The summed E-state index contributed by atoms with van der Waals surface area (Å²) in [6.45, 7) is 9.19. The predicted octanol–water partition coefficient (Wildman–Crippen LogP) is 1.21. The van der Waals surface area contributed by atoms with E-state index >= 15 is 0 Å². The summed E-state index contributed by atoms with van der Waals surface area (Å²) in [5.74, 6) is 2.00. The number of fused-ring (bicyclic) bond motifs is 1. The highest BCUT2D eigenvalue weighted by atomic mass is 16.5. The van der Waals surface area contributed by atoms with Gasteiger partial charge in [-0.15, -0.1) is 10.2 Å². The van der Waals surface area contributed by atoms with E-state index in [4.69, 9.17) is 4.74 Å². The molecule has 90 valence electrons. The standard InChI is InChI=1S/C11H20N4O/c1-8(2)14-5-6-15-10(7-16-4)12-13-11(15)9(14)3/h8-9H,5-7H2,1-4H3. The van der Waals surface area contributed by atoms with Crippen molar-refractivity contribution in [3.63, 3.8) is 0 Å². The van der Waals surface area contributed by atoms with Crippen molar-refractivity contribution in [2.45, 2.75) is 46.0 Å². The first-order valence-corrected chi connectivity index (χ1v) is 5.81. The molecule has 0 N–H and O–H groups in total. The minimum absolute atomic E-state index is 0.340. The van der Waals surface area contributed by atoms with Gasteiger partial charge in [0.15, 0.2) is 5.82 Å². The maximum Gasteiger partial charge on any atom is 0.159 e. The van der Waals surface area contributed by atoms with Crippen LogP contribution in [0.25, 0.3) is 0 Å². The molecule has 0 fully saturated rings. The van der Waals surface area contributed by atoms with Gasteiger partial charge in [-0.25, -0.2) is 0 Å². The van der Waals surface area contributed by atoms with Gasteiger partial charge in [0.1, 0.15) is 12.4 Å². The minimum atomic E-state index is 0.340. The molecule has 1 aliphatic rings. The Morgan fingerprint density at radius 3 is 2.75 bits per heavy atom. The van der Waals surface area contributed by atoms with Crippen LogP contribution in [0.1, 0.15) is 38.5 Å². The smallest absolute Gasteiger partial charge is 0.159 e. The fraction of sp³-hybridized carbons (Fsp3) is 0.818. The van der Waals surface area contributed by atoms with Gasteiger partial charge in [-0.3, -0.25) is 4.90 Å². The topological polar surface area (TPSA) is 43.2 Å². The molecule has 0 saturated heterocycles. The molecule has 0 aliphatic carbocycles. The largest absolute Gasteiger partial charge is 0.377 e. The number of ether oxygens (including phenoxy) is 1. The van der Waals surface area contributed by atoms with E-state index in [0.717, 1.165) is 24.7 Å². The minimum Gasteiger partial charge on any atom is -0.377 e. The highest BCUT2D eigenvalue weighted by Crippen LogP contribution is 2.25. The lowest BCUT2D eigenvalue weighted by Crippen LogP contribution is -2.41. The summed E-state index contributed by atoms with van der Waals surface area (Å²) >= 11 is 0. The summed E-state index contributed by atoms with van der Waals surface area (Å²) in [6.07, 6.45) is 0. The molecule has 0 radical (unpaired) electrons. The lowest BCUT2D eigenvalue weighted by atomic mass is 10.1. The summed E-state index contributed by atoms with van der Waals surface area (Å²) in [5, 5.41) is 8.47. The summed E-state index contributed by atoms with van der Waals surface area (Å²) in [6, 6.07) is 0.887. The number of nitrogens with zero attached hydrogens (tertiary/aromatic N) is 4. The van der Waals surface area contributed by atoms with Crippen LogP contribution in [0, 0.1) is 0 Å². The number of rotatable bonds is 3. The quantitative estimate of drug-likeness (QED) is 0.774. The normalized spacial score (nSPS) is 21.4. The van der Waals surface area contributed by atoms with E-state index in [9.17, 15) is 0 Å². The third-order valence-corrected chi connectivity index (χ3v) is 3.25. The van der Waals surface area contributed by atoms with Crippen LogP contribution in [0.15, 0.2) is 0 Å².